The number of aliphatic hydroxyl groups excluding tert-OH is 1. The Labute approximate surface area is 307 Å². The average Bonchev–Trinajstić information content (AvgIpc) is 3.69. The number of nitrogens with one attached hydrogen (secondary N) is 1. The summed E-state index contributed by atoms with van der Waals surface area (Å²) in [6.45, 7) is 12.4. The minimum absolute atomic E-state index is 0.0585. The third kappa shape index (κ3) is 12.0. The molecule has 17 heteroatoms. The first kappa shape index (κ1) is 42.5. The molecule has 274 valence electrons. The molecule has 1 aliphatic heterocycles. The first-order chi connectivity index (χ1) is 23.8. The zero-order valence-electron chi connectivity index (χ0n) is 29.3. The van der Waals surface area contributed by atoms with E-state index in [-0.39, 0.29) is 24.7 Å². The van der Waals surface area contributed by atoms with Crippen molar-refractivity contribution in [3.8, 4) is 0 Å². The van der Waals surface area contributed by atoms with Crippen molar-refractivity contribution in [2.24, 2.45) is 5.10 Å². The number of hydrazone groups is 1. The molecule has 1 unspecified atom stereocenters. The number of carbonyl (C=O) groups excluding carboxylic acids is 2. The van der Waals surface area contributed by atoms with E-state index in [1.165, 1.54) is 23.0 Å². The first-order valence-corrected chi connectivity index (χ1v) is 19.3. The van der Waals surface area contributed by atoms with Crippen LogP contribution >= 0.6 is 34.5 Å². The maximum absolute atomic E-state index is 12.1. The summed E-state index contributed by atoms with van der Waals surface area (Å²) in [6.07, 6.45) is 4.19. The highest BCUT2D eigenvalue weighted by atomic mass is 35.5. The Hall–Kier alpha value is -3.63. The smallest absolute Gasteiger partial charge is 0.341 e. The van der Waals surface area contributed by atoms with Gasteiger partial charge in [0.05, 0.1) is 40.8 Å². The number of rotatable bonds is 8. The van der Waals surface area contributed by atoms with Gasteiger partial charge in [0.2, 0.25) is 5.91 Å². The predicted octanol–water partition coefficient (Wildman–Crippen LogP) is 6.28. The van der Waals surface area contributed by atoms with Crippen LogP contribution in [-0.4, -0.2) is 87.7 Å². The number of aromatic nitrogens is 4. The quantitative estimate of drug-likeness (QED) is 0.0900. The highest BCUT2D eigenvalue weighted by molar-refractivity contribution is 7.91. The summed E-state index contributed by atoms with van der Waals surface area (Å²) in [4.78, 5) is 34.6. The van der Waals surface area contributed by atoms with Crippen LogP contribution in [0.5, 0.6) is 0 Å². The van der Waals surface area contributed by atoms with Gasteiger partial charge in [-0.05, 0) is 65.7 Å². The second-order valence-electron chi connectivity index (χ2n) is 10.8. The molecule has 4 aromatic rings. The van der Waals surface area contributed by atoms with E-state index in [0.29, 0.717) is 46.5 Å². The molecule has 1 fully saturated rings. The zero-order valence-corrected chi connectivity index (χ0v) is 32.5. The number of alkyl halides is 1. The number of sulfone groups is 1. The normalized spacial score (nSPS) is 14.6. The lowest BCUT2D eigenvalue weighted by Crippen LogP contribution is -2.42. The van der Waals surface area contributed by atoms with Crippen LogP contribution in [-0.2, 0) is 32.3 Å². The number of fused-ring (bicyclic) bond motifs is 1. The zero-order chi connectivity index (χ0) is 37.4. The van der Waals surface area contributed by atoms with Gasteiger partial charge >= 0.3 is 5.97 Å². The summed E-state index contributed by atoms with van der Waals surface area (Å²) in [5.41, 5.74) is 8.96. The molecule has 1 amide bonds. The van der Waals surface area contributed by atoms with Gasteiger partial charge in [-0.1, -0.05) is 23.7 Å². The number of benzene rings is 1. The molecule has 5 rings (SSSR count). The fourth-order valence-electron chi connectivity index (χ4n) is 4.51. The molecule has 0 radical (unpaired) electrons. The number of hydrogen-bond acceptors (Lipinski definition) is 12. The second kappa shape index (κ2) is 20.9. The molecule has 0 spiro atoms. The molecule has 3 aromatic heterocycles. The monoisotopic (exact) mass is 769 g/mol. The van der Waals surface area contributed by atoms with Gasteiger partial charge in [0.15, 0.2) is 20.9 Å². The summed E-state index contributed by atoms with van der Waals surface area (Å²) >= 11 is 13.0. The number of ether oxygens (including phenoxy) is 1. The van der Waals surface area contributed by atoms with Crippen molar-refractivity contribution in [1.82, 2.24) is 24.6 Å². The molecular weight excluding hydrogens is 725 g/mol. The van der Waals surface area contributed by atoms with Crippen LogP contribution < -0.4 is 5.43 Å². The Morgan fingerprint density at radius 3 is 2.36 bits per heavy atom. The third-order valence-electron chi connectivity index (χ3n) is 6.86. The van der Waals surface area contributed by atoms with Gasteiger partial charge in [-0.25, -0.2) is 27.9 Å². The van der Waals surface area contributed by atoms with Gasteiger partial charge < -0.3 is 14.7 Å². The van der Waals surface area contributed by atoms with Crippen LogP contribution in [0.2, 0.25) is 5.02 Å². The summed E-state index contributed by atoms with van der Waals surface area (Å²) in [5, 5.41) is 16.4. The fourth-order valence-corrected chi connectivity index (χ4v) is 7.57. The number of esters is 1. The molecule has 0 bridgehead atoms. The van der Waals surface area contributed by atoms with Crippen LogP contribution in [0.25, 0.3) is 11.0 Å². The van der Waals surface area contributed by atoms with E-state index >= 15 is 0 Å². The van der Waals surface area contributed by atoms with E-state index in [0.717, 1.165) is 23.2 Å². The summed E-state index contributed by atoms with van der Waals surface area (Å²) < 4.78 is 30.8. The van der Waals surface area contributed by atoms with Gasteiger partial charge in [0.1, 0.15) is 5.56 Å². The Balaban J connectivity index is 0.000000266. The largest absolute Gasteiger partial charge is 0.462 e. The van der Waals surface area contributed by atoms with E-state index in [4.69, 9.17) is 33.0 Å². The Morgan fingerprint density at radius 1 is 1.16 bits per heavy atom. The number of aliphatic hydroxyl groups is 1. The molecule has 1 saturated heterocycles. The van der Waals surface area contributed by atoms with E-state index < -0.39 is 21.2 Å². The van der Waals surface area contributed by atoms with Gasteiger partial charge in [-0.2, -0.15) is 10.2 Å². The van der Waals surface area contributed by atoms with Crippen molar-refractivity contribution in [2.45, 2.75) is 66.3 Å². The number of thiazole rings is 1. The topological polar surface area (TPSA) is 169 Å². The SMILES string of the molecule is CCO.CCOC(=O)c1cnc2c(cnn2CC)c1NN=C(C)C.CN1C(=O)CCS(=O)(=O)C1c1ccc(Cl)cc1.Cc1ncsc1CCCl. The van der Waals surface area contributed by atoms with Crippen LogP contribution in [0.1, 0.15) is 72.9 Å². The third-order valence-corrected chi connectivity index (χ3v) is 10.3. The van der Waals surface area contributed by atoms with E-state index in [1.54, 1.807) is 60.3 Å². The van der Waals surface area contributed by atoms with Crippen LogP contribution in [0.4, 0.5) is 5.69 Å². The molecule has 0 saturated carbocycles. The highest BCUT2D eigenvalue weighted by Gasteiger charge is 2.38. The molecule has 0 aliphatic carbocycles. The van der Waals surface area contributed by atoms with Gasteiger partial charge in [-0.15, -0.1) is 22.9 Å². The maximum atomic E-state index is 12.1. The predicted molar refractivity (Wildman–Crippen MR) is 201 cm³/mol. The van der Waals surface area contributed by atoms with Gasteiger partial charge in [0.25, 0.3) is 0 Å². The van der Waals surface area contributed by atoms with Crippen molar-refractivity contribution in [3.63, 3.8) is 0 Å². The highest BCUT2D eigenvalue weighted by Crippen LogP contribution is 2.31. The number of hydrogen-bond donors (Lipinski definition) is 2. The first-order valence-electron chi connectivity index (χ1n) is 15.8. The van der Waals surface area contributed by atoms with Crippen molar-refractivity contribution in [2.75, 3.05) is 37.3 Å². The number of halogens is 2. The van der Waals surface area contributed by atoms with E-state index in [1.807, 2.05) is 33.2 Å². The van der Waals surface area contributed by atoms with Crippen LogP contribution in [0.15, 0.2) is 47.3 Å². The minimum Gasteiger partial charge on any atom is -0.462 e. The number of carbonyl (C=O) groups is 2. The number of pyridine rings is 1. The average molecular weight is 771 g/mol. The van der Waals surface area contributed by atoms with Crippen molar-refractivity contribution >= 4 is 78.7 Å². The van der Waals surface area contributed by atoms with Gasteiger partial charge in [0, 0.05) is 54.3 Å². The van der Waals surface area contributed by atoms with Crippen LogP contribution in [0.3, 0.4) is 0 Å². The lowest BCUT2D eigenvalue weighted by Gasteiger charge is -2.32. The molecule has 1 atom stereocenters. The fraction of sp³-hybridized carbons (Fsp3) is 0.455. The number of anilines is 1. The van der Waals surface area contributed by atoms with Gasteiger partial charge in [-0.3, -0.25) is 10.2 Å². The van der Waals surface area contributed by atoms with E-state index in [9.17, 15) is 18.0 Å². The lowest BCUT2D eigenvalue weighted by molar-refractivity contribution is -0.130. The molecule has 2 N–H and O–H groups in total. The van der Waals surface area contributed by atoms with Crippen molar-refractivity contribution < 1.29 is 27.9 Å². The lowest BCUT2D eigenvalue weighted by atomic mass is 10.2. The molecule has 1 aromatic carbocycles. The molecule has 13 nitrogen and oxygen atoms in total. The standard InChI is InChI=1S/C14H19N5O2.C11H12ClNO3S.C6H8ClNS.C2H6O/c1-5-19-13-10(8-16-19)12(18-17-9(3)4)11(7-15-13)14(20)21-6-2;1-13-10(14)6-7-17(15,16)11(13)8-2-4-9(12)5-3-8;1-5-6(2-3-7)9-4-8-5;1-2-3/h7-8H,5-6H2,1-4H3,(H,15,18);2-5,11H,6-7H2,1H3;4H,2-3H2,1H3;3H,2H2,1H3. The number of nitrogens with zero attached hydrogens (tertiary/aromatic N) is 6. The minimum atomic E-state index is -3.31. The molecule has 1 aliphatic rings. The Bertz CT molecular complexity index is 1830. The molecular formula is C33H45Cl2N7O6S2. The molecule has 4 heterocycles. The number of amides is 1. The van der Waals surface area contributed by atoms with Crippen molar-refractivity contribution in [3.05, 3.63) is 68.9 Å². The van der Waals surface area contributed by atoms with Crippen LogP contribution in [0, 0.1) is 6.92 Å². The Morgan fingerprint density at radius 2 is 1.82 bits per heavy atom. The summed E-state index contributed by atoms with van der Waals surface area (Å²) in [7, 11) is -1.80. The second-order valence-corrected chi connectivity index (χ2v) is 14.7. The Kier molecular flexibility index (Phi) is 17.8. The summed E-state index contributed by atoms with van der Waals surface area (Å²) in [6, 6.07) is 6.53. The summed E-state index contributed by atoms with van der Waals surface area (Å²) in [5.74, 6) is 0.0225. The number of aryl methyl sites for hydroxylation is 3. The van der Waals surface area contributed by atoms with E-state index in [2.05, 4.69) is 25.6 Å². The molecule has 50 heavy (non-hydrogen) atoms. The van der Waals surface area contributed by atoms with Crippen molar-refractivity contribution in [1.29, 1.82) is 0 Å². The maximum Gasteiger partial charge on any atom is 0.341 e.